The van der Waals surface area contributed by atoms with Crippen LogP contribution in [-0.2, 0) is 0 Å². The largest absolute Gasteiger partial charge is 0.478 e. The number of aromatic nitrogens is 2. The summed E-state index contributed by atoms with van der Waals surface area (Å²) in [7, 11) is 0. The topological polar surface area (TPSA) is 95.1 Å². The number of anilines is 1. The number of hydrogen-bond acceptors (Lipinski definition) is 3. The van der Waals surface area contributed by atoms with E-state index in [1.165, 1.54) is 24.5 Å². The lowest BCUT2D eigenvalue weighted by Crippen LogP contribution is -2.11. The fourth-order valence-electron chi connectivity index (χ4n) is 1.31. The van der Waals surface area contributed by atoms with Crippen LogP contribution in [0.25, 0.3) is 0 Å². The van der Waals surface area contributed by atoms with Crippen LogP contribution in [0.3, 0.4) is 0 Å². The highest BCUT2D eigenvalue weighted by Gasteiger charge is 2.08. The maximum absolute atomic E-state index is 11.6. The third-order valence-corrected chi connectivity index (χ3v) is 2.13. The zero-order chi connectivity index (χ0) is 12.3. The van der Waals surface area contributed by atoms with E-state index in [1.54, 1.807) is 12.1 Å². The van der Waals surface area contributed by atoms with Crippen molar-refractivity contribution in [3.05, 3.63) is 47.8 Å². The third-order valence-electron chi connectivity index (χ3n) is 2.13. The minimum Gasteiger partial charge on any atom is -0.478 e. The van der Waals surface area contributed by atoms with E-state index in [4.69, 9.17) is 5.11 Å². The molecule has 0 saturated heterocycles. The second kappa shape index (κ2) is 4.48. The molecular weight excluding hydrogens is 222 g/mol. The van der Waals surface area contributed by atoms with Crippen LogP contribution in [0.5, 0.6) is 0 Å². The number of H-pyrrole nitrogens is 1. The molecule has 1 heterocycles. The number of hydrogen-bond donors (Lipinski definition) is 3. The van der Waals surface area contributed by atoms with Gasteiger partial charge in [0, 0.05) is 11.9 Å². The summed E-state index contributed by atoms with van der Waals surface area (Å²) < 4.78 is 0. The standard InChI is InChI=1S/C11H9N3O3/c15-10(8-5-12-13-6-8)14-9-3-1-2-7(4-9)11(16)17/h1-6H,(H,12,13)(H,14,15)(H,16,17). The number of nitrogens with one attached hydrogen (secondary N) is 2. The van der Waals surface area contributed by atoms with Crippen LogP contribution in [0.2, 0.25) is 0 Å². The number of rotatable bonds is 3. The highest BCUT2D eigenvalue weighted by molar-refractivity contribution is 6.04. The summed E-state index contributed by atoms with van der Waals surface area (Å²) >= 11 is 0. The Bertz CT molecular complexity index is 549. The van der Waals surface area contributed by atoms with Gasteiger partial charge in [-0.1, -0.05) is 6.07 Å². The Labute approximate surface area is 96.3 Å². The van der Waals surface area contributed by atoms with Gasteiger partial charge in [-0.15, -0.1) is 0 Å². The van der Waals surface area contributed by atoms with E-state index in [-0.39, 0.29) is 11.5 Å². The molecule has 0 bridgehead atoms. The number of carboxylic acid groups (broad SMARTS) is 1. The van der Waals surface area contributed by atoms with Gasteiger partial charge in [0.2, 0.25) is 0 Å². The predicted molar refractivity (Wildman–Crippen MR) is 59.9 cm³/mol. The maximum atomic E-state index is 11.6. The molecule has 0 unspecified atom stereocenters. The van der Waals surface area contributed by atoms with Crippen molar-refractivity contribution in [2.75, 3.05) is 5.32 Å². The van der Waals surface area contributed by atoms with E-state index in [0.29, 0.717) is 11.3 Å². The second-order valence-electron chi connectivity index (χ2n) is 3.33. The van der Waals surface area contributed by atoms with Crippen molar-refractivity contribution in [2.45, 2.75) is 0 Å². The monoisotopic (exact) mass is 231 g/mol. The van der Waals surface area contributed by atoms with Gasteiger partial charge < -0.3 is 10.4 Å². The number of carbonyl (C=O) groups excluding carboxylic acids is 1. The molecule has 2 aromatic rings. The molecule has 6 nitrogen and oxygen atoms in total. The van der Waals surface area contributed by atoms with E-state index in [2.05, 4.69) is 15.5 Å². The number of benzene rings is 1. The van der Waals surface area contributed by atoms with E-state index >= 15 is 0 Å². The molecule has 0 atom stereocenters. The van der Waals surface area contributed by atoms with Crippen LogP contribution >= 0.6 is 0 Å². The van der Waals surface area contributed by atoms with E-state index < -0.39 is 5.97 Å². The number of aromatic amines is 1. The SMILES string of the molecule is O=C(O)c1cccc(NC(=O)c2cn[nH]c2)c1. The summed E-state index contributed by atoms with van der Waals surface area (Å²) in [5, 5.41) is 17.5. The minimum atomic E-state index is -1.04. The Morgan fingerprint density at radius 1 is 1.29 bits per heavy atom. The number of carboxylic acids is 1. The third kappa shape index (κ3) is 2.49. The molecule has 0 radical (unpaired) electrons. The molecule has 1 amide bonds. The molecule has 1 aromatic heterocycles. The Morgan fingerprint density at radius 3 is 2.76 bits per heavy atom. The molecule has 86 valence electrons. The lowest BCUT2D eigenvalue weighted by Gasteiger charge is -2.04. The molecule has 0 aliphatic rings. The van der Waals surface area contributed by atoms with Crippen molar-refractivity contribution in [3.8, 4) is 0 Å². The van der Waals surface area contributed by atoms with Crippen LogP contribution in [-0.4, -0.2) is 27.2 Å². The van der Waals surface area contributed by atoms with Gasteiger partial charge >= 0.3 is 5.97 Å². The van der Waals surface area contributed by atoms with Gasteiger partial charge in [-0.25, -0.2) is 4.79 Å². The Balaban J connectivity index is 2.16. The van der Waals surface area contributed by atoms with Crippen molar-refractivity contribution in [3.63, 3.8) is 0 Å². The molecular formula is C11H9N3O3. The zero-order valence-electron chi connectivity index (χ0n) is 8.68. The first-order chi connectivity index (χ1) is 8.16. The van der Waals surface area contributed by atoms with Crippen LogP contribution in [0, 0.1) is 0 Å². The van der Waals surface area contributed by atoms with Gasteiger partial charge in [0.25, 0.3) is 5.91 Å². The Morgan fingerprint density at radius 2 is 2.12 bits per heavy atom. The van der Waals surface area contributed by atoms with E-state index in [9.17, 15) is 9.59 Å². The lowest BCUT2D eigenvalue weighted by atomic mass is 10.2. The van der Waals surface area contributed by atoms with Gasteiger partial charge in [-0.3, -0.25) is 9.89 Å². The summed E-state index contributed by atoms with van der Waals surface area (Å²) in [6.07, 6.45) is 2.84. The molecule has 0 spiro atoms. The fourth-order valence-corrected chi connectivity index (χ4v) is 1.31. The second-order valence-corrected chi connectivity index (χ2v) is 3.33. The van der Waals surface area contributed by atoms with Gasteiger partial charge in [0.05, 0.1) is 17.3 Å². The van der Waals surface area contributed by atoms with Crippen LogP contribution in [0.15, 0.2) is 36.7 Å². The Hall–Kier alpha value is -2.63. The fraction of sp³-hybridized carbons (Fsp3) is 0. The van der Waals surface area contributed by atoms with Crippen molar-refractivity contribution in [2.24, 2.45) is 0 Å². The van der Waals surface area contributed by atoms with E-state index in [0.717, 1.165) is 0 Å². The van der Waals surface area contributed by atoms with Crippen LogP contribution < -0.4 is 5.32 Å². The average molecular weight is 231 g/mol. The summed E-state index contributed by atoms with van der Waals surface area (Å²) in [4.78, 5) is 22.4. The summed E-state index contributed by atoms with van der Waals surface area (Å²) in [6.45, 7) is 0. The molecule has 6 heteroatoms. The minimum absolute atomic E-state index is 0.120. The molecule has 0 saturated carbocycles. The first kappa shape index (κ1) is 10.9. The zero-order valence-corrected chi connectivity index (χ0v) is 8.68. The predicted octanol–water partition coefficient (Wildman–Crippen LogP) is 1.36. The van der Waals surface area contributed by atoms with Crippen molar-refractivity contribution >= 4 is 17.6 Å². The van der Waals surface area contributed by atoms with Gasteiger partial charge in [0.1, 0.15) is 0 Å². The summed E-state index contributed by atoms with van der Waals surface area (Å²) in [5.74, 6) is -1.38. The van der Waals surface area contributed by atoms with Crippen LogP contribution in [0.4, 0.5) is 5.69 Å². The number of aromatic carboxylic acids is 1. The number of amides is 1. The van der Waals surface area contributed by atoms with Gasteiger partial charge in [0.15, 0.2) is 0 Å². The van der Waals surface area contributed by atoms with Crippen molar-refractivity contribution in [1.29, 1.82) is 0 Å². The Kier molecular flexibility index (Phi) is 2.87. The number of carbonyl (C=O) groups is 2. The highest BCUT2D eigenvalue weighted by Crippen LogP contribution is 2.11. The van der Waals surface area contributed by atoms with Gasteiger partial charge in [-0.05, 0) is 18.2 Å². The van der Waals surface area contributed by atoms with Gasteiger partial charge in [-0.2, -0.15) is 5.10 Å². The first-order valence-electron chi connectivity index (χ1n) is 4.80. The molecule has 17 heavy (non-hydrogen) atoms. The lowest BCUT2D eigenvalue weighted by molar-refractivity contribution is 0.0696. The van der Waals surface area contributed by atoms with Crippen molar-refractivity contribution < 1.29 is 14.7 Å². The average Bonchev–Trinajstić information content (AvgIpc) is 2.82. The molecule has 0 fully saturated rings. The summed E-state index contributed by atoms with van der Waals surface area (Å²) in [5.41, 5.74) is 0.928. The smallest absolute Gasteiger partial charge is 0.335 e. The quantitative estimate of drug-likeness (QED) is 0.743. The first-order valence-corrected chi connectivity index (χ1v) is 4.80. The number of nitrogens with zero attached hydrogens (tertiary/aromatic N) is 1. The highest BCUT2D eigenvalue weighted by atomic mass is 16.4. The molecule has 3 N–H and O–H groups in total. The molecule has 1 aromatic carbocycles. The normalized spacial score (nSPS) is 9.88. The summed E-state index contributed by atoms with van der Waals surface area (Å²) in [6, 6.07) is 6.02. The van der Waals surface area contributed by atoms with E-state index in [1.807, 2.05) is 0 Å². The molecule has 0 aliphatic carbocycles. The molecule has 0 aliphatic heterocycles. The molecule has 2 rings (SSSR count). The van der Waals surface area contributed by atoms with Crippen LogP contribution in [0.1, 0.15) is 20.7 Å². The maximum Gasteiger partial charge on any atom is 0.335 e. The van der Waals surface area contributed by atoms with Crippen molar-refractivity contribution in [1.82, 2.24) is 10.2 Å².